The lowest BCUT2D eigenvalue weighted by Crippen LogP contribution is -2.00. The third-order valence-corrected chi connectivity index (χ3v) is 3.26. The van der Waals surface area contributed by atoms with Crippen LogP contribution in [0.25, 0.3) is 0 Å². The van der Waals surface area contributed by atoms with Crippen molar-refractivity contribution in [2.45, 2.75) is 6.92 Å². The molecule has 5 heteroatoms. The van der Waals surface area contributed by atoms with Gasteiger partial charge in [0.2, 0.25) is 0 Å². The maximum absolute atomic E-state index is 11.2. The molecule has 0 unspecified atom stereocenters. The molecule has 0 atom stereocenters. The van der Waals surface area contributed by atoms with Gasteiger partial charge in [-0.05, 0) is 48.9 Å². The topological polar surface area (TPSA) is 46.5 Å². The number of hydrogen-bond acceptors (Lipinski definition) is 2. The minimum Gasteiger partial charge on any atom is -0.478 e. The minimum atomic E-state index is -1.04. The summed E-state index contributed by atoms with van der Waals surface area (Å²) < 4.78 is 6.34. The maximum atomic E-state index is 11.2. The molecule has 0 aromatic heterocycles. The van der Waals surface area contributed by atoms with Crippen molar-refractivity contribution in [3.8, 4) is 11.5 Å². The molecule has 0 saturated carbocycles. The number of carboxylic acids is 1. The third-order valence-electron chi connectivity index (χ3n) is 2.53. The molecular weight excluding hydrogens is 332 g/mol. The molecule has 0 aliphatic heterocycles. The summed E-state index contributed by atoms with van der Waals surface area (Å²) in [6.07, 6.45) is 0. The van der Waals surface area contributed by atoms with Crippen LogP contribution in [-0.4, -0.2) is 11.1 Å². The number of aryl methyl sites for hydroxylation is 1. The van der Waals surface area contributed by atoms with Gasteiger partial charge >= 0.3 is 5.97 Å². The van der Waals surface area contributed by atoms with Crippen LogP contribution < -0.4 is 4.74 Å². The summed E-state index contributed by atoms with van der Waals surface area (Å²) in [5.41, 5.74) is 0.940. The number of carboxylic acid groups (broad SMARTS) is 1. The minimum absolute atomic E-state index is 0.101. The summed E-state index contributed by atoms with van der Waals surface area (Å²) in [5.74, 6) is -0.168. The van der Waals surface area contributed by atoms with Crippen LogP contribution in [0.5, 0.6) is 11.5 Å². The van der Waals surface area contributed by atoms with Gasteiger partial charge in [-0.3, -0.25) is 0 Å². The molecular formula is C14H10BrClO3. The zero-order chi connectivity index (χ0) is 14.0. The molecule has 0 aliphatic carbocycles. The Balaban J connectivity index is 2.40. The Labute approximate surface area is 123 Å². The van der Waals surface area contributed by atoms with E-state index in [9.17, 15) is 4.79 Å². The van der Waals surface area contributed by atoms with Crippen LogP contribution in [0.4, 0.5) is 0 Å². The van der Waals surface area contributed by atoms with Crippen molar-refractivity contribution >= 4 is 33.5 Å². The van der Waals surface area contributed by atoms with Crippen molar-refractivity contribution in [2.75, 3.05) is 0 Å². The van der Waals surface area contributed by atoms with Crippen molar-refractivity contribution in [3.63, 3.8) is 0 Å². The van der Waals surface area contributed by atoms with E-state index in [-0.39, 0.29) is 5.56 Å². The van der Waals surface area contributed by atoms with Crippen LogP contribution in [0.15, 0.2) is 40.9 Å². The lowest BCUT2D eigenvalue weighted by Gasteiger charge is -2.11. The van der Waals surface area contributed by atoms with Crippen molar-refractivity contribution in [2.24, 2.45) is 0 Å². The Hall–Kier alpha value is -1.52. The van der Waals surface area contributed by atoms with E-state index in [4.69, 9.17) is 21.4 Å². The van der Waals surface area contributed by atoms with Crippen molar-refractivity contribution in [1.82, 2.24) is 0 Å². The third kappa shape index (κ3) is 3.28. The summed E-state index contributed by atoms with van der Waals surface area (Å²) in [6.45, 7) is 1.85. The van der Waals surface area contributed by atoms with Crippen molar-refractivity contribution < 1.29 is 14.6 Å². The Morgan fingerprint density at radius 3 is 2.53 bits per heavy atom. The monoisotopic (exact) mass is 340 g/mol. The first-order valence-electron chi connectivity index (χ1n) is 5.44. The van der Waals surface area contributed by atoms with Gasteiger partial charge in [0.15, 0.2) is 0 Å². The Morgan fingerprint density at radius 1 is 1.21 bits per heavy atom. The van der Waals surface area contributed by atoms with Gasteiger partial charge in [0.05, 0.1) is 0 Å². The first-order chi connectivity index (χ1) is 8.97. The predicted octanol–water partition coefficient (Wildman–Crippen LogP) is 4.90. The van der Waals surface area contributed by atoms with E-state index in [0.717, 1.165) is 5.56 Å². The molecule has 0 radical (unpaired) electrons. The fourth-order valence-corrected chi connectivity index (χ4v) is 2.19. The molecule has 19 heavy (non-hydrogen) atoms. The number of aromatic carboxylic acids is 1. The summed E-state index contributed by atoms with van der Waals surface area (Å²) in [7, 11) is 0. The summed E-state index contributed by atoms with van der Waals surface area (Å²) in [4.78, 5) is 11.2. The van der Waals surface area contributed by atoms with Gasteiger partial charge in [0, 0.05) is 9.50 Å². The standard InChI is InChI=1S/C14H10BrClO3/c1-8-6-10(16)3-5-12(8)19-13-4-2-9(15)7-11(13)14(17)18/h2-7H,1H3,(H,17,18). The molecule has 0 heterocycles. The fourth-order valence-electron chi connectivity index (χ4n) is 1.60. The van der Waals surface area contributed by atoms with Crippen molar-refractivity contribution in [3.05, 3.63) is 57.0 Å². The van der Waals surface area contributed by atoms with Gasteiger partial charge in [-0.25, -0.2) is 4.79 Å². The lowest BCUT2D eigenvalue weighted by molar-refractivity contribution is 0.0694. The lowest BCUT2D eigenvalue weighted by atomic mass is 10.2. The van der Waals surface area contributed by atoms with Crippen LogP contribution in [0, 0.1) is 6.92 Å². The maximum Gasteiger partial charge on any atom is 0.339 e. The first-order valence-corrected chi connectivity index (χ1v) is 6.61. The van der Waals surface area contributed by atoms with Crippen molar-refractivity contribution in [1.29, 1.82) is 0 Å². The molecule has 0 spiro atoms. The van der Waals surface area contributed by atoms with Crippen LogP contribution in [-0.2, 0) is 0 Å². The van der Waals surface area contributed by atoms with Gasteiger partial charge in [-0.2, -0.15) is 0 Å². The SMILES string of the molecule is Cc1cc(Cl)ccc1Oc1ccc(Br)cc1C(=O)O. The molecule has 2 rings (SSSR count). The molecule has 2 aromatic rings. The summed E-state index contributed by atoms with van der Waals surface area (Å²) >= 11 is 9.10. The van der Waals surface area contributed by atoms with Gasteiger partial charge in [-0.15, -0.1) is 0 Å². The molecule has 0 aliphatic rings. The largest absolute Gasteiger partial charge is 0.478 e. The Kier molecular flexibility index (Phi) is 4.12. The fraction of sp³-hybridized carbons (Fsp3) is 0.0714. The molecule has 0 bridgehead atoms. The van der Waals surface area contributed by atoms with Gasteiger partial charge in [0.25, 0.3) is 0 Å². The van der Waals surface area contributed by atoms with Crippen LogP contribution in [0.2, 0.25) is 5.02 Å². The second kappa shape index (κ2) is 5.63. The smallest absolute Gasteiger partial charge is 0.339 e. The number of halogens is 2. The van der Waals surface area contributed by atoms with E-state index in [1.54, 1.807) is 30.3 Å². The van der Waals surface area contributed by atoms with Crippen LogP contribution >= 0.6 is 27.5 Å². The number of hydrogen-bond donors (Lipinski definition) is 1. The molecule has 3 nitrogen and oxygen atoms in total. The number of carbonyl (C=O) groups is 1. The molecule has 0 saturated heterocycles. The van der Waals surface area contributed by atoms with E-state index < -0.39 is 5.97 Å². The highest BCUT2D eigenvalue weighted by Crippen LogP contribution is 2.31. The second-order valence-corrected chi connectivity index (χ2v) is 5.31. The normalized spacial score (nSPS) is 10.3. The van der Waals surface area contributed by atoms with E-state index in [1.807, 2.05) is 6.92 Å². The summed E-state index contributed by atoms with van der Waals surface area (Å²) in [6, 6.07) is 10.0. The van der Waals surface area contributed by atoms with E-state index >= 15 is 0 Å². The highest BCUT2D eigenvalue weighted by Gasteiger charge is 2.13. The highest BCUT2D eigenvalue weighted by atomic mass is 79.9. The van der Waals surface area contributed by atoms with Crippen LogP contribution in [0.1, 0.15) is 15.9 Å². The molecule has 0 fully saturated rings. The molecule has 1 N–H and O–H groups in total. The second-order valence-electron chi connectivity index (χ2n) is 3.96. The predicted molar refractivity (Wildman–Crippen MR) is 77.4 cm³/mol. The zero-order valence-electron chi connectivity index (χ0n) is 9.98. The van der Waals surface area contributed by atoms with E-state index in [1.165, 1.54) is 6.07 Å². The average molecular weight is 342 g/mol. The van der Waals surface area contributed by atoms with E-state index in [2.05, 4.69) is 15.9 Å². The Bertz CT molecular complexity index is 641. The number of rotatable bonds is 3. The Morgan fingerprint density at radius 2 is 1.89 bits per heavy atom. The molecule has 2 aromatic carbocycles. The quantitative estimate of drug-likeness (QED) is 0.863. The number of ether oxygens (including phenoxy) is 1. The number of benzene rings is 2. The highest BCUT2D eigenvalue weighted by molar-refractivity contribution is 9.10. The summed E-state index contributed by atoms with van der Waals surface area (Å²) in [5, 5.41) is 9.77. The van der Waals surface area contributed by atoms with E-state index in [0.29, 0.717) is 21.0 Å². The van der Waals surface area contributed by atoms with Gasteiger partial charge < -0.3 is 9.84 Å². The molecule has 0 amide bonds. The average Bonchev–Trinajstić information content (AvgIpc) is 2.34. The van der Waals surface area contributed by atoms with Gasteiger partial charge in [-0.1, -0.05) is 27.5 Å². The van der Waals surface area contributed by atoms with Gasteiger partial charge in [0.1, 0.15) is 17.1 Å². The molecule has 98 valence electrons. The zero-order valence-corrected chi connectivity index (χ0v) is 12.3. The van der Waals surface area contributed by atoms with Crippen LogP contribution in [0.3, 0.4) is 0 Å². The first kappa shape index (κ1) is 13.9.